The molecule has 0 amide bonds. The number of halogens is 1. The van der Waals surface area contributed by atoms with Crippen LogP contribution in [-0.4, -0.2) is 6.04 Å². The van der Waals surface area contributed by atoms with Crippen molar-refractivity contribution < 1.29 is 0 Å². The van der Waals surface area contributed by atoms with E-state index in [-0.39, 0.29) is 0 Å². The first-order valence-electron chi connectivity index (χ1n) is 5.65. The largest absolute Gasteiger partial charge is 0.307 e. The summed E-state index contributed by atoms with van der Waals surface area (Å²) >= 11 is 7.55. The average molecular weight is 244 g/mol. The van der Waals surface area contributed by atoms with Crippen LogP contribution in [0.2, 0.25) is 4.34 Å². The molecule has 3 atom stereocenters. The molecule has 1 nitrogen and oxygen atoms in total. The van der Waals surface area contributed by atoms with Gasteiger partial charge in [0.15, 0.2) is 0 Å². The van der Waals surface area contributed by atoms with Crippen molar-refractivity contribution in [2.45, 2.75) is 45.2 Å². The van der Waals surface area contributed by atoms with Crippen molar-refractivity contribution in [3.8, 4) is 0 Å². The van der Waals surface area contributed by atoms with E-state index in [1.807, 2.05) is 0 Å². The summed E-state index contributed by atoms with van der Waals surface area (Å²) in [6.07, 6.45) is 4.01. The molecule has 3 unspecified atom stereocenters. The lowest BCUT2D eigenvalue weighted by Crippen LogP contribution is -2.28. The second-order valence-electron chi connectivity index (χ2n) is 4.69. The fraction of sp³-hybridized carbons (Fsp3) is 0.667. The fourth-order valence-electron chi connectivity index (χ4n) is 2.36. The Labute approximate surface area is 101 Å². The molecule has 3 heteroatoms. The smallest absolute Gasteiger partial charge is 0.0931 e. The van der Waals surface area contributed by atoms with E-state index in [0.717, 1.165) is 10.3 Å². The molecule has 1 heterocycles. The molecule has 0 aromatic carbocycles. The molecule has 0 saturated heterocycles. The summed E-state index contributed by atoms with van der Waals surface area (Å²) < 4.78 is 0.887. The third-order valence-corrected chi connectivity index (χ3v) is 4.38. The summed E-state index contributed by atoms with van der Waals surface area (Å²) in [6.45, 7) is 4.56. The van der Waals surface area contributed by atoms with Crippen LogP contribution < -0.4 is 5.32 Å². The molecule has 2 rings (SSSR count). The quantitative estimate of drug-likeness (QED) is 0.837. The summed E-state index contributed by atoms with van der Waals surface area (Å²) in [4.78, 5) is 0. The molecule has 0 radical (unpaired) electrons. The predicted octanol–water partition coefficient (Wildman–Crippen LogP) is 4.24. The molecule has 15 heavy (non-hydrogen) atoms. The zero-order chi connectivity index (χ0) is 10.8. The van der Waals surface area contributed by atoms with Gasteiger partial charge in [0.25, 0.3) is 0 Å². The zero-order valence-corrected chi connectivity index (χ0v) is 10.9. The van der Waals surface area contributed by atoms with Crippen LogP contribution in [0.15, 0.2) is 11.4 Å². The van der Waals surface area contributed by atoms with Crippen LogP contribution in [0.4, 0.5) is 0 Å². The van der Waals surface area contributed by atoms with Crippen molar-refractivity contribution in [1.82, 2.24) is 5.32 Å². The van der Waals surface area contributed by atoms with Gasteiger partial charge in [0.1, 0.15) is 0 Å². The van der Waals surface area contributed by atoms with E-state index >= 15 is 0 Å². The first kappa shape index (κ1) is 11.4. The van der Waals surface area contributed by atoms with Crippen molar-refractivity contribution in [3.63, 3.8) is 0 Å². The molecule has 0 spiro atoms. The fourth-order valence-corrected chi connectivity index (χ4v) is 3.34. The molecular formula is C12H18ClNS. The molecule has 0 aliphatic heterocycles. The summed E-state index contributed by atoms with van der Waals surface area (Å²) in [5.74, 6) is 0.890. The van der Waals surface area contributed by atoms with E-state index in [2.05, 4.69) is 30.6 Å². The Bertz CT molecular complexity index is 323. The molecule has 0 bridgehead atoms. The van der Waals surface area contributed by atoms with Crippen LogP contribution in [0.1, 0.15) is 44.7 Å². The minimum Gasteiger partial charge on any atom is -0.307 e. The topological polar surface area (TPSA) is 12.0 Å². The van der Waals surface area contributed by atoms with Crippen molar-refractivity contribution in [2.75, 3.05) is 0 Å². The van der Waals surface area contributed by atoms with Crippen LogP contribution in [0.25, 0.3) is 0 Å². The van der Waals surface area contributed by atoms with Gasteiger partial charge in [-0.25, -0.2) is 0 Å². The molecule has 1 saturated carbocycles. The van der Waals surface area contributed by atoms with Crippen molar-refractivity contribution in [2.24, 2.45) is 5.92 Å². The monoisotopic (exact) mass is 243 g/mol. The second-order valence-corrected chi connectivity index (χ2v) is 6.23. The van der Waals surface area contributed by atoms with Gasteiger partial charge in [-0.15, -0.1) is 11.3 Å². The van der Waals surface area contributed by atoms with E-state index in [1.165, 1.54) is 24.8 Å². The Kier molecular flexibility index (Phi) is 3.70. The average Bonchev–Trinajstić information content (AvgIpc) is 2.75. The number of rotatable bonds is 3. The predicted molar refractivity (Wildman–Crippen MR) is 67.7 cm³/mol. The standard InChI is InChI=1S/C12H18ClNS/c1-8-3-4-11(5-8)14-9(2)10-6-12(13)15-7-10/h6-9,11,14H,3-5H2,1-2H3. The maximum absolute atomic E-state index is 5.94. The van der Waals surface area contributed by atoms with Gasteiger partial charge in [-0.1, -0.05) is 18.5 Å². The van der Waals surface area contributed by atoms with E-state index < -0.39 is 0 Å². The van der Waals surface area contributed by atoms with Gasteiger partial charge in [0.2, 0.25) is 0 Å². The van der Waals surface area contributed by atoms with E-state index in [9.17, 15) is 0 Å². The molecular weight excluding hydrogens is 226 g/mol. The van der Waals surface area contributed by atoms with Crippen LogP contribution in [-0.2, 0) is 0 Å². The Morgan fingerprint density at radius 3 is 2.87 bits per heavy atom. The third kappa shape index (κ3) is 2.96. The highest BCUT2D eigenvalue weighted by molar-refractivity contribution is 7.14. The molecule has 1 fully saturated rings. The SMILES string of the molecule is CC1CCC(NC(C)c2csc(Cl)c2)C1. The van der Waals surface area contributed by atoms with E-state index in [0.29, 0.717) is 12.1 Å². The highest BCUT2D eigenvalue weighted by Gasteiger charge is 2.22. The maximum Gasteiger partial charge on any atom is 0.0931 e. The van der Waals surface area contributed by atoms with Gasteiger partial charge < -0.3 is 5.32 Å². The summed E-state index contributed by atoms with van der Waals surface area (Å²) in [6, 6.07) is 3.21. The zero-order valence-electron chi connectivity index (χ0n) is 9.29. The minimum absolute atomic E-state index is 0.434. The van der Waals surface area contributed by atoms with E-state index in [4.69, 9.17) is 11.6 Å². The molecule has 1 aliphatic carbocycles. The first-order valence-corrected chi connectivity index (χ1v) is 6.91. The van der Waals surface area contributed by atoms with Crippen LogP contribution >= 0.6 is 22.9 Å². The van der Waals surface area contributed by atoms with Gasteiger partial charge in [-0.3, -0.25) is 0 Å². The van der Waals surface area contributed by atoms with Crippen molar-refractivity contribution in [1.29, 1.82) is 0 Å². The summed E-state index contributed by atoms with van der Waals surface area (Å²) in [7, 11) is 0. The maximum atomic E-state index is 5.94. The van der Waals surface area contributed by atoms with Crippen LogP contribution in [0.3, 0.4) is 0 Å². The molecule has 1 aromatic rings. The van der Waals surface area contributed by atoms with E-state index in [1.54, 1.807) is 11.3 Å². The lowest BCUT2D eigenvalue weighted by atomic mass is 10.1. The molecule has 1 N–H and O–H groups in total. The third-order valence-electron chi connectivity index (χ3n) is 3.27. The van der Waals surface area contributed by atoms with Crippen LogP contribution in [0.5, 0.6) is 0 Å². The number of thiophene rings is 1. The van der Waals surface area contributed by atoms with Gasteiger partial charge in [-0.2, -0.15) is 0 Å². The minimum atomic E-state index is 0.434. The van der Waals surface area contributed by atoms with Crippen LogP contribution in [0, 0.1) is 5.92 Å². The lowest BCUT2D eigenvalue weighted by molar-refractivity contribution is 0.450. The lowest BCUT2D eigenvalue weighted by Gasteiger charge is -2.18. The molecule has 1 aliphatic rings. The molecule has 84 valence electrons. The highest BCUT2D eigenvalue weighted by Crippen LogP contribution is 2.29. The Morgan fingerprint density at radius 2 is 2.33 bits per heavy atom. The van der Waals surface area contributed by atoms with Gasteiger partial charge in [0, 0.05) is 12.1 Å². The summed E-state index contributed by atoms with van der Waals surface area (Å²) in [5.41, 5.74) is 1.32. The Morgan fingerprint density at radius 1 is 1.53 bits per heavy atom. The number of nitrogens with one attached hydrogen (secondary N) is 1. The Balaban J connectivity index is 1.89. The van der Waals surface area contributed by atoms with Gasteiger partial charge in [-0.05, 0) is 49.1 Å². The van der Waals surface area contributed by atoms with Gasteiger partial charge in [0.05, 0.1) is 4.34 Å². The number of hydrogen-bond acceptors (Lipinski definition) is 2. The number of hydrogen-bond donors (Lipinski definition) is 1. The normalized spacial score (nSPS) is 28.2. The van der Waals surface area contributed by atoms with Crippen molar-refractivity contribution >= 4 is 22.9 Å². The van der Waals surface area contributed by atoms with Crippen molar-refractivity contribution in [3.05, 3.63) is 21.3 Å². The summed E-state index contributed by atoms with van der Waals surface area (Å²) in [5, 5.41) is 5.84. The van der Waals surface area contributed by atoms with Gasteiger partial charge >= 0.3 is 0 Å². The highest BCUT2D eigenvalue weighted by atomic mass is 35.5. The second kappa shape index (κ2) is 4.86. The first-order chi connectivity index (χ1) is 7.15. The molecule has 1 aromatic heterocycles. The Hall–Kier alpha value is -0.0500.